The zero-order chi connectivity index (χ0) is 18.8. The highest BCUT2D eigenvalue weighted by Crippen LogP contribution is 2.39. The lowest BCUT2D eigenvalue weighted by atomic mass is 9.95. The smallest absolute Gasteiger partial charge is 0.338 e. The molecule has 3 rings (SSSR count). The third-order valence-corrected chi connectivity index (χ3v) is 4.56. The Labute approximate surface area is 159 Å². The molecule has 2 heterocycles. The molecule has 8 heteroatoms. The summed E-state index contributed by atoms with van der Waals surface area (Å²) in [6.45, 7) is 1.67. The largest absolute Gasteiger partial charge is 0.466 e. The standard InChI is InChI=1S/C18H14Cl2FN3O2/c1-9-13(18(25)26-2)16(14-10(19)5-3-6-11(14)20)24-17(23-9)15-12(21)7-4-8-22-15/h3-8,16H,1-2H3,(H,23,24). The number of nitrogens with zero attached hydrogens (tertiary/aromatic N) is 2. The Balaban J connectivity index is 2.21. The van der Waals surface area contributed by atoms with Crippen LogP contribution < -0.4 is 5.32 Å². The second-order valence-corrected chi connectivity index (χ2v) is 6.32. The van der Waals surface area contributed by atoms with Gasteiger partial charge in [0.2, 0.25) is 0 Å². The highest BCUT2D eigenvalue weighted by molar-refractivity contribution is 6.36. The number of rotatable bonds is 3. The molecule has 1 aromatic carbocycles. The molecule has 0 saturated carbocycles. The van der Waals surface area contributed by atoms with Crippen LogP contribution in [0.1, 0.15) is 24.2 Å². The molecule has 0 spiro atoms. The number of halogens is 3. The van der Waals surface area contributed by atoms with Crippen molar-refractivity contribution in [2.24, 2.45) is 4.99 Å². The normalized spacial score (nSPS) is 16.8. The Kier molecular flexibility index (Phi) is 5.25. The Hall–Kier alpha value is -2.44. The van der Waals surface area contributed by atoms with Gasteiger partial charge < -0.3 is 10.1 Å². The Morgan fingerprint density at radius 3 is 2.54 bits per heavy atom. The fraction of sp³-hybridized carbons (Fsp3) is 0.167. The molecule has 1 aromatic heterocycles. The first-order valence-corrected chi connectivity index (χ1v) is 8.38. The van der Waals surface area contributed by atoms with E-state index >= 15 is 0 Å². The zero-order valence-electron chi connectivity index (χ0n) is 13.9. The van der Waals surface area contributed by atoms with Gasteiger partial charge in [-0.2, -0.15) is 0 Å². The van der Waals surface area contributed by atoms with Gasteiger partial charge in [-0.25, -0.2) is 14.2 Å². The van der Waals surface area contributed by atoms with Crippen LogP contribution in [0.2, 0.25) is 10.0 Å². The number of nitrogens with one attached hydrogen (secondary N) is 1. The maximum Gasteiger partial charge on any atom is 0.338 e. The summed E-state index contributed by atoms with van der Waals surface area (Å²) >= 11 is 12.6. The first kappa shape index (κ1) is 18.4. The van der Waals surface area contributed by atoms with E-state index in [-0.39, 0.29) is 17.1 Å². The third-order valence-electron chi connectivity index (χ3n) is 3.90. The third kappa shape index (κ3) is 3.30. The summed E-state index contributed by atoms with van der Waals surface area (Å²) in [4.78, 5) is 20.8. The number of ether oxygens (including phenoxy) is 1. The van der Waals surface area contributed by atoms with Gasteiger partial charge in [0, 0.05) is 27.5 Å². The topological polar surface area (TPSA) is 63.6 Å². The molecule has 26 heavy (non-hydrogen) atoms. The maximum absolute atomic E-state index is 14.2. The second kappa shape index (κ2) is 7.43. The van der Waals surface area contributed by atoms with E-state index < -0.39 is 17.8 Å². The number of aromatic nitrogens is 1. The molecule has 1 unspecified atom stereocenters. The van der Waals surface area contributed by atoms with E-state index in [1.165, 1.54) is 25.4 Å². The number of amidine groups is 1. The molecule has 134 valence electrons. The van der Waals surface area contributed by atoms with Crippen molar-refractivity contribution in [3.05, 3.63) is 74.9 Å². The molecule has 0 aliphatic carbocycles. The highest BCUT2D eigenvalue weighted by Gasteiger charge is 2.33. The number of methoxy groups -OCH3 is 1. The van der Waals surface area contributed by atoms with Crippen LogP contribution in [-0.2, 0) is 9.53 Å². The van der Waals surface area contributed by atoms with Crippen LogP contribution in [0.4, 0.5) is 4.39 Å². The number of carbonyl (C=O) groups excluding carboxylic acids is 1. The van der Waals surface area contributed by atoms with Gasteiger partial charge >= 0.3 is 5.97 Å². The van der Waals surface area contributed by atoms with Crippen molar-refractivity contribution in [1.82, 2.24) is 10.3 Å². The van der Waals surface area contributed by atoms with E-state index in [4.69, 9.17) is 27.9 Å². The summed E-state index contributed by atoms with van der Waals surface area (Å²) in [6, 6.07) is 6.87. The number of pyridine rings is 1. The summed E-state index contributed by atoms with van der Waals surface area (Å²) in [5, 5.41) is 3.59. The highest BCUT2D eigenvalue weighted by atomic mass is 35.5. The molecule has 1 N–H and O–H groups in total. The van der Waals surface area contributed by atoms with Crippen molar-refractivity contribution in [1.29, 1.82) is 0 Å². The van der Waals surface area contributed by atoms with Crippen LogP contribution in [0.3, 0.4) is 0 Å². The average Bonchev–Trinajstić information content (AvgIpc) is 2.61. The van der Waals surface area contributed by atoms with Gasteiger partial charge in [0.15, 0.2) is 11.7 Å². The van der Waals surface area contributed by atoms with Crippen LogP contribution in [-0.4, -0.2) is 23.9 Å². The lowest BCUT2D eigenvalue weighted by Gasteiger charge is -2.26. The van der Waals surface area contributed by atoms with Crippen molar-refractivity contribution in [3.63, 3.8) is 0 Å². The lowest BCUT2D eigenvalue weighted by molar-refractivity contribution is -0.136. The van der Waals surface area contributed by atoms with Gasteiger partial charge in [0.1, 0.15) is 11.7 Å². The number of allylic oxidation sites excluding steroid dienone is 1. The fourth-order valence-electron chi connectivity index (χ4n) is 2.71. The fourth-order valence-corrected chi connectivity index (χ4v) is 3.32. The molecule has 0 saturated heterocycles. The molecular weight excluding hydrogens is 380 g/mol. The molecule has 1 aliphatic heterocycles. The molecule has 1 aliphatic rings. The van der Waals surface area contributed by atoms with Crippen molar-refractivity contribution < 1.29 is 13.9 Å². The van der Waals surface area contributed by atoms with Crippen LogP contribution in [0.15, 0.2) is 52.8 Å². The summed E-state index contributed by atoms with van der Waals surface area (Å²) in [5.74, 6) is -0.952. The molecule has 0 bridgehead atoms. The molecule has 2 aromatic rings. The number of hydrogen-bond donors (Lipinski definition) is 1. The van der Waals surface area contributed by atoms with Gasteiger partial charge in [0.25, 0.3) is 0 Å². The first-order valence-electron chi connectivity index (χ1n) is 7.62. The number of carbonyl (C=O) groups is 1. The van der Waals surface area contributed by atoms with E-state index in [9.17, 15) is 9.18 Å². The van der Waals surface area contributed by atoms with Gasteiger partial charge in [-0.3, -0.25) is 4.99 Å². The zero-order valence-corrected chi connectivity index (χ0v) is 15.4. The molecule has 0 fully saturated rings. The van der Waals surface area contributed by atoms with E-state index in [0.29, 0.717) is 21.3 Å². The molecule has 0 amide bonds. The molecule has 0 radical (unpaired) electrons. The van der Waals surface area contributed by atoms with E-state index in [0.717, 1.165) is 0 Å². The Bertz CT molecular complexity index is 924. The van der Waals surface area contributed by atoms with Crippen LogP contribution >= 0.6 is 23.2 Å². The number of aliphatic imine (C=N–C) groups is 1. The molecular formula is C18H14Cl2FN3O2. The Morgan fingerprint density at radius 2 is 1.92 bits per heavy atom. The quantitative estimate of drug-likeness (QED) is 0.798. The van der Waals surface area contributed by atoms with Crippen molar-refractivity contribution in [2.75, 3.05) is 7.11 Å². The SMILES string of the molecule is COC(=O)C1=C(C)NC(c2ncccc2F)=NC1c1c(Cl)cccc1Cl. The van der Waals surface area contributed by atoms with Gasteiger partial charge in [0.05, 0.1) is 12.7 Å². The summed E-state index contributed by atoms with van der Waals surface area (Å²) < 4.78 is 19.0. The average molecular weight is 394 g/mol. The van der Waals surface area contributed by atoms with Crippen LogP contribution in [0.5, 0.6) is 0 Å². The monoisotopic (exact) mass is 393 g/mol. The van der Waals surface area contributed by atoms with Crippen molar-refractivity contribution in [3.8, 4) is 0 Å². The van der Waals surface area contributed by atoms with Gasteiger partial charge in [-0.15, -0.1) is 0 Å². The van der Waals surface area contributed by atoms with Crippen LogP contribution in [0, 0.1) is 5.82 Å². The van der Waals surface area contributed by atoms with Gasteiger partial charge in [-0.1, -0.05) is 29.3 Å². The predicted molar refractivity (Wildman–Crippen MR) is 97.8 cm³/mol. The predicted octanol–water partition coefficient (Wildman–Crippen LogP) is 4.07. The minimum absolute atomic E-state index is 0.0314. The second-order valence-electron chi connectivity index (χ2n) is 5.50. The van der Waals surface area contributed by atoms with E-state index in [2.05, 4.69) is 15.3 Å². The van der Waals surface area contributed by atoms with Crippen molar-refractivity contribution >= 4 is 35.0 Å². The number of benzene rings is 1. The maximum atomic E-state index is 14.2. The minimum atomic E-state index is -0.860. The lowest BCUT2D eigenvalue weighted by Crippen LogP contribution is -2.33. The molecule has 1 atom stereocenters. The Morgan fingerprint density at radius 1 is 1.23 bits per heavy atom. The molecule has 5 nitrogen and oxygen atoms in total. The van der Waals surface area contributed by atoms with Crippen LogP contribution in [0.25, 0.3) is 0 Å². The van der Waals surface area contributed by atoms with E-state index in [1.807, 2.05) is 0 Å². The minimum Gasteiger partial charge on any atom is -0.466 e. The summed E-state index contributed by atoms with van der Waals surface area (Å²) in [7, 11) is 1.27. The van der Waals surface area contributed by atoms with E-state index in [1.54, 1.807) is 25.1 Å². The van der Waals surface area contributed by atoms with Crippen molar-refractivity contribution in [2.45, 2.75) is 13.0 Å². The number of hydrogen-bond acceptors (Lipinski definition) is 5. The first-order chi connectivity index (χ1) is 12.4. The summed E-state index contributed by atoms with van der Waals surface area (Å²) in [6.07, 6.45) is 1.45. The number of esters is 1. The van der Waals surface area contributed by atoms with Gasteiger partial charge in [-0.05, 0) is 31.2 Å². The summed E-state index contributed by atoms with van der Waals surface area (Å²) in [5.41, 5.74) is 1.16.